The Kier molecular flexibility index (Phi) is 3.19. The van der Waals surface area contributed by atoms with Crippen LogP contribution in [0.25, 0.3) is 11.5 Å². The molecule has 0 atom stereocenters. The lowest BCUT2D eigenvalue weighted by atomic mass is 9.74. The van der Waals surface area contributed by atoms with E-state index in [0.717, 1.165) is 4.68 Å². The summed E-state index contributed by atoms with van der Waals surface area (Å²) < 4.78 is 44.4. The number of hydrogen-bond acceptors (Lipinski definition) is 3. The van der Waals surface area contributed by atoms with Gasteiger partial charge in [-0.1, -0.05) is 13.8 Å². The number of fused-ring (bicyclic) bond motifs is 1. The van der Waals surface area contributed by atoms with Gasteiger partial charge >= 0.3 is 6.18 Å². The van der Waals surface area contributed by atoms with E-state index in [1.165, 1.54) is 6.26 Å². The van der Waals surface area contributed by atoms with Gasteiger partial charge in [-0.3, -0.25) is 9.48 Å². The van der Waals surface area contributed by atoms with Crippen LogP contribution in [0.4, 0.5) is 13.2 Å². The van der Waals surface area contributed by atoms with E-state index in [4.69, 9.17) is 4.42 Å². The van der Waals surface area contributed by atoms with Crippen molar-refractivity contribution < 1.29 is 22.4 Å². The lowest BCUT2D eigenvalue weighted by Crippen LogP contribution is -2.31. The SMILES string of the molecule is CC1(C)CCc2c(c(-c3ccco3)nn2CC(F)(F)F)C1=O. The van der Waals surface area contributed by atoms with Gasteiger partial charge in [-0.2, -0.15) is 18.3 Å². The third-order valence-electron chi connectivity index (χ3n) is 3.97. The highest BCUT2D eigenvalue weighted by Crippen LogP contribution is 2.40. The number of furan rings is 1. The fraction of sp³-hybridized carbons (Fsp3) is 0.467. The van der Waals surface area contributed by atoms with Crippen LogP contribution in [-0.4, -0.2) is 21.7 Å². The largest absolute Gasteiger partial charge is 0.463 e. The van der Waals surface area contributed by atoms with Crippen LogP contribution in [-0.2, 0) is 13.0 Å². The molecule has 3 rings (SSSR count). The molecule has 0 bridgehead atoms. The number of carbonyl (C=O) groups excluding carboxylic acids is 1. The summed E-state index contributed by atoms with van der Waals surface area (Å²) in [5, 5.41) is 4.02. The first-order valence-corrected chi connectivity index (χ1v) is 6.94. The molecular formula is C15H15F3N2O2. The van der Waals surface area contributed by atoms with E-state index in [-0.39, 0.29) is 17.0 Å². The van der Waals surface area contributed by atoms with Crippen LogP contribution in [0.15, 0.2) is 22.8 Å². The summed E-state index contributed by atoms with van der Waals surface area (Å²) in [5.41, 5.74) is 0.186. The average Bonchev–Trinajstić information content (AvgIpc) is 3.00. The number of nitrogens with zero attached hydrogens (tertiary/aromatic N) is 2. The van der Waals surface area contributed by atoms with Crippen molar-refractivity contribution in [3.05, 3.63) is 29.7 Å². The summed E-state index contributed by atoms with van der Waals surface area (Å²) in [6.45, 7) is 2.39. The van der Waals surface area contributed by atoms with Crippen LogP contribution in [0, 0.1) is 5.41 Å². The summed E-state index contributed by atoms with van der Waals surface area (Å²) in [4.78, 5) is 12.7. The van der Waals surface area contributed by atoms with Crippen molar-refractivity contribution >= 4 is 5.78 Å². The fourth-order valence-electron chi connectivity index (χ4n) is 2.76. The molecule has 118 valence electrons. The van der Waals surface area contributed by atoms with Crippen molar-refractivity contribution in [2.24, 2.45) is 5.41 Å². The van der Waals surface area contributed by atoms with E-state index in [1.54, 1.807) is 26.0 Å². The van der Waals surface area contributed by atoms with E-state index in [0.29, 0.717) is 24.3 Å². The molecule has 0 aliphatic heterocycles. The Labute approximate surface area is 124 Å². The van der Waals surface area contributed by atoms with Gasteiger partial charge in [0, 0.05) is 5.41 Å². The maximum Gasteiger partial charge on any atom is 0.408 e. The molecule has 2 heterocycles. The fourth-order valence-corrected chi connectivity index (χ4v) is 2.76. The first-order valence-electron chi connectivity index (χ1n) is 6.94. The molecule has 0 unspecified atom stereocenters. The van der Waals surface area contributed by atoms with Crippen molar-refractivity contribution in [2.75, 3.05) is 0 Å². The minimum Gasteiger partial charge on any atom is -0.463 e. The molecule has 0 saturated heterocycles. The molecule has 4 nitrogen and oxygen atoms in total. The summed E-state index contributed by atoms with van der Waals surface area (Å²) in [6.07, 6.45) is -2.10. The molecule has 0 fully saturated rings. The van der Waals surface area contributed by atoms with Crippen molar-refractivity contribution in [3.63, 3.8) is 0 Å². The highest BCUT2D eigenvalue weighted by atomic mass is 19.4. The summed E-state index contributed by atoms with van der Waals surface area (Å²) >= 11 is 0. The van der Waals surface area contributed by atoms with Gasteiger partial charge in [0.15, 0.2) is 11.5 Å². The van der Waals surface area contributed by atoms with Gasteiger partial charge in [0.05, 0.1) is 17.5 Å². The van der Waals surface area contributed by atoms with Crippen LogP contribution >= 0.6 is 0 Å². The second-order valence-corrected chi connectivity index (χ2v) is 6.13. The van der Waals surface area contributed by atoms with Gasteiger partial charge in [-0.15, -0.1) is 0 Å². The molecule has 22 heavy (non-hydrogen) atoms. The molecule has 0 radical (unpaired) electrons. The van der Waals surface area contributed by atoms with Crippen molar-refractivity contribution in [3.8, 4) is 11.5 Å². The van der Waals surface area contributed by atoms with Crippen LogP contribution in [0.2, 0.25) is 0 Å². The van der Waals surface area contributed by atoms with E-state index < -0.39 is 18.1 Å². The normalized spacial score (nSPS) is 17.6. The van der Waals surface area contributed by atoms with Gasteiger partial charge in [-0.25, -0.2) is 0 Å². The smallest absolute Gasteiger partial charge is 0.408 e. The Hall–Kier alpha value is -2.05. The molecule has 7 heteroatoms. The summed E-state index contributed by atoms with van der Waals surface area (Å²) in [5.74, 6) is 0.122. The van der Waals surface area contributed by atoms with Gasteiger partial charge in [0.25, 0.3) is 0 Å². The predicted molar refractivity (Wildman–Crippen MR) is 72.4 cm³/mol. The monoisotopic (exact) mass is 312 g/mol. The number of halogens is 3. The zero-order valence-electron chi connectivity index (χ0n) is 12.2. The van der Waals surface area contributed by atoms with Crippen LogP contribution < -0.4 is 0 Å². The highest BCUT2D eigenvalue weighted by molar-refractivity contribution is 6.06. The topological polar surface area (TPSA) is 48.0 Å². The number of hydrogen-bond donors (Lipinski definition) is 0. The molecule has 0 spiro atoms. The lowest BCUT2D eigenvalue weighted by Gasteiger charge is -2.28. The molecule has 0 amide bonds. The number of Topliss-reactive ketones (excluding diaryl/α,β-unsaturated/α-hetero) is 1. The lowest BCUT2D eigenvalue weighted by molar-refractivity contribution is -0.143. The minimum absolute atomic E-state index is 0.187. The molecule has 2 aromatic rings. The van der Waals surface area contributed by atoms with Gasteiger partial charge < -0.3 is 4.42 Å². The van der Waals surface area contributed by atoms with Crippen LogP contribution in [0.1, 0.15) is 36.3 Å². The van der Waals surface area contributed by atoms with Gasteiger partial charge in [-0.05, 0) is 25.0 Å². The molecule has 2 aromatic heterocycles. The number of rotatable bonds is 2. The summed E-state index contributed by atoms with van der Waals surface area (Å²) in [7, 11) is 0. The average molecular weight is 312 g/mol. The summed E-state index contributed by atoms with van der Waals surface area (Å²) in [6, 6.07) is 3.21. The molecule has 0 saturated carbocycles. The zero-order valence-corrected chi connectivity index (χ0v) is 12.2. The quantitative estimate of drug-likeness (QED) is 0.846. The zero-order chi connectivity index (χ0) is 16.1. The number of ketones is 1. The maximum absolute atomic E-state index is 12.7. The van der Waals surface area contributed by atoms with Crippen molar-refractivity contribution in [1.29, 1.82) is 0 Å². The third-order valence-corrected chi connectivity index (χ3v) is 3.97. The van der Waals surface area contributed by atoms with Crippen molar-refractivity contribution in [1.82, 2.24) is 9.78 Å². The van der Waals surface area contributed by atoms with E-state index in [2.05, 4.69) is 5.10 Å². The second-order valence-electron chi connectivity index (χ2n) is 6.13. The third kappa shape index (κ3) is 2.44. The molecule has 0 aromatic carbocycles. The Bertz CT molecular complexity index is 712. The Morgan fingerprint density at radius 1 is 1.41 bits per heavy atom. The number of aromatic nitrogens is 2. The maximum atomic E-state index is 12.7. The predicted octanol–water partition coefficient (Wildman–Crippen LogP) is 3.86. The van der Waals surface area contributed by atoms with Gasteiger partial charge in [0.2, 0.25) is 0 Å². The van der Waals surface area contributed by atoms with E-state index >= 15 is 0 Å². The first-order chi connectivity index (χ1) is 10.2. The van der Waals surface area contributed by atoms with Gasteiger partial charge in [0.1, 0.15) is 12.2 Å². The highest BCUT2D eigenvalue weighted by Gasteiger charge is 2.41. The van der Waals surface area contributed by atoms with Crippen molar-refractivity contribution in [2.45, 2.75) is 39.4 Å². The molecule has 1 aliphatic rings. The molecule has 1 aliphatic carbocycles. The Morgan fingerprint density at radius 2 is 2.14 bits per heavy atom. The van der Waals surface area contributed by atoms with E-state index in [9.17, 15) is 18.0 Å². The molecule has 0 N–H and O–H groups in total. The van der Waals surface area contributed by atoms with Crippen LogP contribution in [0.3, 0.4) is 0 Å². The Balaban J connectivity index is 2.17. The second kappa shape index (κ2) is 4.72. The number of alkyl halides is 3. The minimum atomic E-state index is -4.39. The molecular weight excluding hydrogens is 297 g/mol. The standard InChI is InChI=1S/C15H15F3N2O2/c1-14(2)6-5-9-11(13(14)21)12(10-4-3-7-22-10)19-20(9)8-15(16,17)18/h3-4,7H,5-6,8H2,1-2H3. The first kappa shape index (κ1) is 14.9. The van der Waals surface area contributed by atoms with E-state index in [1.807, 2.05) is 0 Å². The number of carbonyl (C=O) groups is 1. The Morgan fingerprint density at radius 3 is 2.73 bits per heavy atom. The van der Waals surface area contributed by atoms with Crippen LogP contribution in [0.5, 0.6) is 0 Å².